The van der Waals surface area contributed by atoms with Crippen molar-refractivity contribution in [2.24, 2.45) is 0 Å². The van der Waals surface area contributed by atoms with Gasteiger partial charge in [0.15, 0.2) is 0 Å². The highest BCUT2D eigenvalue weighted by Gasteiger charge is 2.16. The number of methoxy groups -OCH3 is 2. The Morgan fingerprint density at radius 3 is 2.48 bits per heavy atom. The zero-order valence-corrected chi connectivity index (χ0v) is 16.5. The van der Waals surface area contributed by atoms with Crippen molar-refractivity contribution in [3.05, 3.63) is 87.8 Å². The number of hydrogen-bond acceptors (Lipinski definition) is 5. The van der Waals surface area contributed by atoms with Gasteiger partial charge in [0.1, 0.15) is 23.7 Å². The summed E-state index contributed by atoms with van der Waals surface area (Å²) in [6.45, 7) is 2.20. The van der Waals surface area contributed by atoms with Crippen molar-refractivity contribution in [3.8, 4) is 11.5 Å². The average Bonchev–Trinajstić information content (AvgIpc) is 2.74. The van der Waals surface area contributed by atoms with Crippen molar-refractivity contribution in [2.75, 3.05) is 19.5 Å². The van der Waals surface area contributed by atoms with Crippen molar-refractivity contribution in [1.29, 1.82) is 0 Å². The number of benzene rings is 2. The quantitative estimate of drug-likeness (QED) is 0.666. The summed E-state index contributed by atoms with van der Waals surface area (Å²) in [4.78, 5) is 30.9. The molecule has 0 fully saturated rings. The van der Waals surface area contributed by atoms with Gasteiger partial charge >= 0.3 is 0 Å². The summed E-state index contributed by atoms with van der Waals surface area (Å²) in [7, 11) is 3.01. The highest BCUT2D eigenvalue weighted by molar-refractivity contribution is 6.04. The second kappa shape index (κ2) is 8.97. The number of pyridine rings is 1. The van der Waals surface area contributed by atoms with E-state index in [0.29, 0.717) is 17.2 Å². The maximum absolute atomic E-state index is 12.7. The number of nitrogens with one attached hydrogen (secondary N) is 1. The molecule has 0 unspecified atom stereocenters. The number of nitrogens with zero attached hydrogens (tertiary/aromatic N) is 1. The molecular weight excluding hydrogens is 372 g/mol. The summed E-state index contributed by atoms with van der Waals surface area (Å²) < 4.78 is 11.5. The SMILES string of the molecule is COc1ccc(OC)c(NC(=O)c2cccn(OCc3ccc(C)cc3)c2=O)c1. The minimum absolute atomic E-state index is 0.0544. The molecule has 0 saturated carbocycles. The van der Waals surface area contributed by atoms with Crippen LogP contribution in [-0.4, -0.2) is 24.9 Å². The van der Waals surface area contributed by atoms with Gasteiger partial charge in [0.05, 0.1) is 19.9 Å². The smallest absolute Gasteiger partial charge is 0.295 e. The fourth-order valence-corrected chi connectivity index (χ4v) is 2.68. The molecule has 150 valence electrons. The van der Waals surface area contributed by atoms with Crippen molar-refractivity contribution < 1.29 is 19.1 Å². The molecule has 0 aliphatic carbocycles. The molecule has 7 heteroatoms. The monoisotopic (exact) mass is 394 g/mol. The van der Waals surface area contributed by atoms with E-state index >= 15 is 0 Å². The highest BCUT2D eigenvalue weighted by Crippen LogP contribution is 2.29. The first-order chi connectivity index (χ1) is 14.0. The van der Waals surface area contributed by atoms with E-state index in [2.05, 4.69) is 5.32 Å². The normalized spacial score (nSPS) is 10.3. The van der Waals surface area contributed by atoms with Gasteiger partial charge in [0, 0.05) is 12.3 Å². The fourth-order valence-electron chi connectivity index (χ4n) is 2.68. The van der Waals surface area contributed by atoms with Crippen LogP contribution < -0.4 is 25.2 Å². The molecule has 2 aromatic carbocycles. The number of hydrogen-bond donors (Lipinski definition) is 1. The lowest BCUT2D eigenvalue weighted by atomic mass is 10.2. The van der Waals surface area contributed by atoms with Gasteiger partial charge in [0.25, 0.3) is 11.5 Å². The topological polar surface area (TPSA) is 78.8 Å². The number of anilines is 1. The fraction of sp³-hybridized carbons (Fsp3) is 0.182. The Labute approximate surface area is 168 Å². The first-order valence-electron chi connectivity index (χ1n) is 8.95. The molecule has 1 N–H and O–H groups in total. The molecule has 29 heavy (non-hydrogen) atoms. The lowest BCUT2D eigenvalue weighted by Crippen LogP contribution is -2.32. The number of aromatic nitrogens is 1. The van der Waals surface area contributed by atoms with Crippen LogP contribution in [0.15, 0.2) is 65.6 Å². The van der Waals surface area contributed by atoms with Crippen LogP contribution in [0.1, 0.15) is 21.5 Å². The molecule has 0 atom stereocenters. The van der Waals surface area contributed by atoms with Crippen LogP contribution in [0.5, 0.6) is 11.5 Å². The molecule has 1 heterocycles. The van der Waals surface area contributed by atoms with Crippen LogP contribution in [0.2, 0.25) is 0 Å². The molecular formula is C22H22N2O5. The second-order valence-electron chi connectivity index (χ2n) is 6.33. The second-order valence-corrected chi connectivity index (χ2v) is 6.33. The van der Waals surface area contributed by atoms with E-state index in [1.165, 1.54) is 26.5 Å². The first-order valence-corrected chi connectivity index (χ1v) is 8.95. The van der Waals surface area contributed by atoms with Crippen LogP contribution in [0.3, 0.4) is 0 Å². The van der Waals surface area contributed by atoms with Gasteiger partial charge < -0.3 is 19.6 Å². The van der Waals surface area contributed by atoms with E-state index in [-0.39, 0.29) is 12.2 Å². The number of ether oxygens (including phenoxy) is 2. The zero-order chi connectivity index (χ0) is 20.8. The van der Waals surface area contributed by atoms with E-state index in [4.69, 9.17) is 14.3 Å². The Bertz CT molecular complexity index is 1060. The van der Waals surface area contributed by atoms with Gasteiger partial charge in [-0.05, 0) is 36.8 Å². The molecule has 0 aliphatic rings. The first kappa shape index (κ1) is 20.0. The average molecular weight is 394 g/mol. The third-order valence-electron chi connectivity index (χ3n) is 4.31. The van der Waals surface area contributed by atoms with E-state index in [1.54, 1.807) is 24.3 Å². The summed E-state index contributed by atoms with van der Waals surface area (Å²) in [6, 6.07) is 15.8. The van der Waals surface area contributed by atoms with Crippen molar-refractivity contribution in [3.63, 3.8) is 0 Å². The highest BCUT2D eigenvalue weighted by atomic mass is 16.7. The summed E-state index contributed by atoms with van der Waals surface area (Å²) >= 11 is 0. The van der Waals surface area contributed by atoms with E-state index in [0.717, 1.165) is 15.9 Å². The summed E-state index contributed by atoms with van der Waals surface area (Å²) in [5.74, 6) is 0.425. The third kappa shape index (κ3) is 4.76. The predicted molar refractivity (Wildman–Crippen MR) is 110 cm³/mol. The molecule has 0 spiro atoms. The molecule has 0 aliphatic heterocycles. The predicted octanol–water partition coefficient (Wildman–Crippen LogP) is 3.06. The Balaban J connectivity index is 1.79. The molecule has 1 amide bonds. The summed E-state index contributed by atoms with van der Waals surface area (Å²) in [6.07, 6.45) is 1.47. The van der Waals surface area contributed by atoms with Crippen LogP contribution in [0.4, 0.5) is 5.69 Å². The molecule has 0 bridgehead atoms. The van der Waals surface area contributed by atoms with Gasteiger partial charge in [-0.25, -0.2) is 0 Å². The van der Waals surface area contributed by atoms with Crippen molar-refractivity contribution in [2.45, 2.75) is 13.5 Å². The van der Waals surface area contributed by atoms with E-state index in [1.807, 2.05) is 31.2 Å². The minimum atomic E-state index is -0.574. The van der Waals surface area contributed by atoms with E-state index < -0.39 is 11.5 Å². The lowest BCUT2D eigenvalue weighted by molar-refractivity contribution is 0.0863. The number of aryl methyl sites for hydroxylation is 1. The minimum Gasteiger partial charge on any atom is -0.497 e. The van der Waals surface area contributed by atoms with Crippen LogP contribution in [0.25, 0.3) is 0 Å². The molecule has 3 rings (SSSR count). The van der Waals surface area contributed by atoms with Gasteiger partial charge in [-0.3, -0.25) is 9.59 Å². The van der Waals surface area contributed by atoms with Gasteiger partial charge in [-0.15, -0.1) is 0 Å². The molecule has 7 nitrogen and oxygen atoms in total. The number of rotatable bonds is 7. The maximum atomic E-state index is 12.7. The van der Waals surface area contributed by atoms with Gasteiger partial charge in [0.2, 0.25) is 0 Å². The van der Waals surface area contributed by atoms with E-state index in [9.17, 15) is 9.59 Å². The van der Waals surface area contributed by atoms with Crippen molar-refractivity contribution >= 4 is 11.6 Å². The lowest BCUT2D eigenvalue weighted by Gasteiger charge is -2.13. The Kier molecular flexibility index (Phi) is 6.19. The Morgan fingerprint density at radius 1 is 1.03 bits per heavy atom. The summed E-state index contributed by atoms with van der Waals surface area (Å²) in [5.41, 5.74) is 1.84. The third-order valence-corrected chi connectivity index (χ3v) is 4.31. The Hall–Kier alpha value is -3.74. The standard InChI is InChI=1S/C22H22N2O5/c1-15-6-8-16(9-7-15)14-29-24-12-4-5-18(22(24)26)21(25)23-19-13-17(27-2)10-11-20(19)28-3/h4-13H,14H2,1-3H3,(H,23,25). The van der Waals surface area contributed by atoms with Crippen LogP contribution in [-0.2, 0) is 6.61 Å². The molecule has 0 saturated heterocycles. The van der Waals surface area contributed by atoms with Crippen LogP contribution >= 0.6 is 0 Å². The number of carbonyl (C=O) groups excluding carboxylic acids is 1. The van der Waals surface area contributed by atoms with Gasteiger partial charge in [-0.2, -0.15) is 4.73 Å². The maximum Gasteiger partial charge on any atom is 0.295 e. The molecule has 0 radical (unpaired) electrons. The molecule has 3 aromatic rings. The van der Waals surface area contributed by atoms with Crippen molar-refractivity contribution in [1.82, 2.24) is 4.73 Å². The summed E-state index contributed by atoms with van der Waals surface area (Å²) in [5, 5.41) is 2.69. The zero-order valence-electron chi connectivity index (χ0n) is 16.5. The number of carbonyl (C=O) groups is 1. The largest absolute Gasteiger partial charge is 0.497 e. The van der Waals surface area contributed by atoms with Crippen LogP contribution in [0, 0.1) is 6.92 Å². The Morgan fingerprint density at radius 2 is 1.79 bits per heavy atom. The van der Waals surface area contributed by atoms with Gasteiger partial charge in [-0.1, -0.05) is 29.8 Å². The molecule has 1 aromatic heterocycles. The number of amides is 1.